The van der Waals surface area contributed by atoms with Gasteiger partial charge in [-0.3, -0.25) is 4.68 Å². The summed E-state index contributed by atoms with van der Waals surface area (Å²) in [6.45, 7) is 9.75. The smallest absolute Gasteiger partial charge is 0.407 e. The predicted octanol–water partition coefficient (Wildman–Crippen LogP) is 1.12. The van der Waals surface area contributed by atoms with E-state index in [1.165, 1.54) is 6.33 Å². The molecule has 1 rings (SSSR count). The minimum atomic E-state index is -0.466. The van der Waals surface area contributed by atoms with Crippen LogP contribution in [0.3, 0.4) is 0 Å². The van der Waals surface area contributed by atoms with Crippen molar-refractivity contribution in [2.24, 2.45) is 0 Å². The lowest BCUT2D eigenvalue weighted by Crippen LogP contribution is -2.42. The summed E-state index contributed by atoms with van der Waals surface area (Å²) in [4.78, 5) is 17.6. The molecule has 0 spiro atoms. The molecule has 0 aliphatic rings. The van der Waals surface area contributed by atoms with Crippen molar-refractivity contribution in [1.82, 2.24) is 25.0 Å². The molecular weight excluding hydrogens is 258 g/mol. The van der Waals surface area contributed by atoms with Gasteiger partial charge in [-0.2, -0.15) is 5.10 Å². The molecule has 1 amide bonds. The molecule has 1 heterocycles. The van der Waals surface area contributed by atoms with E-state index < -0.39 is 5.60 Å². The van der Waals surface area contributed by atoms with Gasteiger partial charge in [-0.1, -0.05) is 0 Å². The van der Waals surface area contributed by atoms with Crippen LogP contribution in [0.4, 0.5) is 4.79 Å². The maximum atomic E-state index is 11.6. The molecule has 1 atom stereocenters. The van der Waals surface area contributed by atoms with Gasteiger partial charge < -0.3 is 15.0 Å². The number of amides is 1. The van der Waals surface area contributed by atoms with Crippen LogP contribution in [0.2, 0.25) is 0 Å². The molecule has 0 fully saturated rings. The molecule has 0 saturated carbocycles. The Morgan fingerprint density at radius 2 is 2.20 bits per heavy atom. The largest absolute Gasteiger partial charge is 0.444 e. The molecule has 0 aromatic carbocycles. The lowest BCUT2D eigenvalue weighted by atomic mass is 10.2. The molecule has 1 aromatic heterocycles. The summed E-state index contributed by atoms with van der Waals surface area (Å²) in [5, 5.41) is 6.83. The van der Waals surface area contributed by atoms with E-state index in [0.29, 0.717) is 6.54 Å². The van der Waals surface area contributed by atoms with Crippen molar-refractivity contribution in [2.75, 3.05) is 20.1 Å². The lowest BCUT2D eigenvalue weighted by molar-refractivity contribution is 0.0513. The van der Waals surface area contributed by atoms with Crippen LogP contribution in [-0.2, 0) is 11.3 Å². The zero-order valence-corrected chi connectivity index (χ0v) is 13.0. The SMILES string of the molecule is C[C@@H](CNC(=O)OC(C)(C)C)N(C)CCn1cncn1. The van der Waals surface area contributed by atoms with Gasteiger partial charge in [-0.25, -0.2) is 9.78 Å². The van der Waals surface area contributed by atoms with Crippen molar-refractivity contribution in [3.05, 3.63) is 12.7 Å². The zero-order valence-electron chi connectivity index (χ0n) is 13.0. The second-order valence-corrected chi connectivity index (χ2v) is 5.87. The third-order valence-corrected chi connectivity index (χ3v) is 2.84. The summed E-state index contributed by atoms with van der Waals surface area (Å²) in [5.74, 6) is 0. The van der Waals surface area contributed by atoms with Crippen LogP contribution in [0.15, 0.2) is 12.7 Å². The number of rotatable bonds is 6. The van der Waals surface area contributed by atoms with Crippen molar-refractivity contribution >= 4 is 6.09 Å². The van der Waals surface area contributed by atoms with Crippen molar-refractivity contribution < 1.29 is 9.53 Å². The average molecular weight is 283 g/mol. The number of hydrogen-bond donors (Lipinski definition) is 1. The van der Waals surface area contributed by atoms with Gasteiger partial charge in [-0.15, -0.1) is 0 Å². The van der Waals surface area contributed by atoms with Crippen LogP contribution in [-0.4, -0.2) is 57.5 Å². The molecule has 0 aliphatic heterocycles. The predicted molar refractivity (Wildman–Crippen MR) is 76.4 cm³/mol. The Labute approximate surface area is 120 Å². The Morgan fingerprint density at radius 1 is 1.50 bits per heavy atom. The second kappa shape index (κ2) is 7.23. The highest BCUT2D eigenvalue weighted by molar-refractivity contribution is 5.67. The summed E-state index contributed by atoms with van der Waals surface area (Å²) in [6, 6.07) is 0.214. The average Bonchev–Trinajstić information content (AvgIpc) is 2.83. The highest BCUT2D eigenvalue weighted by Gasteiger charge is 2.17. The van der Waals surface area contributed by atoms with E-state index in [9.17, 15) is 4.79 Å². The fourth-order valence-electron chi connectivity index (χ4n) is 1.53. The normalized spacial score (nSPS) is 13.3. The molecule has 0 unspecified atom stereocenters. The van der Waals surface area contributed by atoms with Gasteiger partial charge >= 0.3 is 6.09 Å². The fourth-order valence-corrected chi connectivity index (χ4v) is 1.53. The number of carbonyl (C=O) groups is 1. The number of nitrogens with one attached hydrogen (secondary N) is 1. The van der Waals surface area contributed by atoms with Crippen molar-refractivity contribution in [3.63, 3.8) is 0 Å². The van der Waals surface area contributed by atoms with E-state index >= 15 is 0 Å². The maximum absolute atomic E-state index is 11.6. The Balaban J connectivity index is 2.24. The molecule has 1 N–H and O–H groups in total. The van der Waals surface area contributed by atoms with Crippen LogP contribution in [0.1, 0.15) is 27.7 Å². The van der Waals surface area contributed by atoms with Gasteiger partial charge in [-0.05, 0) is 34.7 Å². The number of carbonyl (C=O) groups excluding carboxylic acids is 1. The monoisotopic (exact) mass is 283 g/mol. The van der Waals surface area contributed by atoms with E-state index in [-0.39, 0.29) is 12.1 Å². The van der Waals surface area contributed by atoms with Gasteiger partial charge in [0.05, 0.1) is 6.54 Å². The van der Waals surface area contributed by atoms with Crippen LogP contribution in [0.5, 0.6) is 0 Å². The summed E-state index contributed by atoms with van der Waals surface area (Å²) in [7, 11) is 2.01. The summed E-state index contributed by atoms with van der Waals surface area (Å²) >= 11 is 0. The molecule has 0 saturated heterocycles. The lowest BCUT2D eigenvalue weighted by Gasteiger charge is -2.26. The fraction of sp³-hybridized carbons (Fsp3) is 0.769. The Kier molecular flexibility index (Phi) is 5.94. The van der Waals surface area contributed by atoms with Gasteiger partial charge in [0, 0.05) is 19.1 Å². The molecule has 7 heteroatoms. The minimum absolute atomic E-state index is 0.214. The van der Waals surface area contributed by atoms with E-state index in [4.69, 9.17) is 4.74 Å². The Hall–Kier alpha value is -1.63. The van der Waals surface area contributed by atoms with Gasteiger partial charge in [0.15, 0.2) is 0 Å². The molecule has 0 bridgehead atoms. The first-order valence-electron chi connectivity index (χ1n) is 6.77. The zero-order chi connectivity index (χ0) is 15.2. The number of ether oxygens (including phenoxy) is 1. The Bertz CT molecular complexity index is 399. The molecule has 7 nitrogen and oxygen atoms in total. The van der Waals surface area contributed by atoms with Gasteiger partial charge in [0.1, 0.15) is 18.3 Å². The number of nitrogens with zero attached hydrogens (tertiary/aromatic N) is 4. The first-order chi connectivity index (χ1) is 9.28. The third kappa shape index (κ3) is 6.51. The Morgan fingerprint density at radius 3 is 2.75 bits per heavy atom. The highest BCUT2D eigenvalue weighted by Crippen LogP contribution is 2.06. The molecule has 0 radical (unpaired) electrons. The van der Waals surface area contributed by atoms with E-state index in [1.807, 2.05) is 27.8 Å². The summed E-state index contributed by atoms with van der Waals surface area (Å²) in [5.41, 5.74) is -0.466. The molecule has 20 heavy (non-hydrogen) atoms. The van der Waals surface area contributed by atoms with E-state index in [1.54, 1.807) is 11.0 Å². The van der Waals surface area contributed by atoms with Crippen LogP contribution in [0, 0.1) is 0 Å². The van der Waals surface area contributed by atoms with Crippen molar-refractivity contribution in [3.8, 4) is 0 Å². The van der Waals surface area contributed by atoms with Gasteiger partial charge in [0.2, 0.25) is 0 Å². The number of aromatic nitrogens is 3. The maximum Gasteiger partial charge on any atom is 0.407 e. The number of hydrogen-bond acceptors (Lipinski definition) is 5. The van der Waals surface area contributed by atoms with E-state index in [2.05, 4.69) is 27.2 Å². The quantitative estimate of drug-likeness (QED) is 0.847. The first kappa shape index (κ1) is 16.4. The van der Waals surface area contributed by atoms with Gasteiger partial charge in [0.25, 0.3) is 0 Å². The molecule has 114 valence electrons. The van der Waals surface area contributed by atoms with Crippen molar-refractivity contribution in [2.45, 2.75) is 45.9 Å². The minimum Gasteiger partial charge on any atom is -0.444 e. The molecule has 0 aliphatic carbocycles. The third-order valence-electron chi connectivity index (χ3n) is 2.84. The summed E-state index contributed by atoms with van der Waals surface area (Å²) in [6.07, 6.45) is 2.83. The molecule has 1 aromatic rings. The number of likely N-dealkylation sites (N-methyl/N-ethyl adjacent to an activating group) is 1. The molecular formula is C13H25N5O2. The van der Waals surface area contributed by atoms with Crippen LogP contribution < -0.4 is 5.32 Å². The number of alkyl carbamates (subject to hydrolysis) is 1. The highest BCUT2D eigenvalue weighted by atomic mass is 16.6. The van der Waals surface area contributed by atoms with Crippen LogP contribution >= 0.6 is 0 Å². The summed E-state index contributed by atoms with van der Waals surface area (Å²) < 4.78 is 6.98. The van der Waals surface area contributed by atoms with Crippen LogP contribution in [0.25, 0.3) is 0 Å². The van der Waals surface area contributed by atoms with Crippen molar-refractivity contribution in [1.29, 1.82) is 0 Å². The first-order valence-corrected chi connectivity index (χ1v) is 6.77. The standard InChI is InChI=1S/C13H25N5O2/c1-11(8-15-12(19)20-13(2,3)4)17(5)6-7-18-10-14-9-16-18/h9-11H,6-8H2,1-5H3,(H,15,19)/t11-/m0/s1. The van der Waals surface area contributed by atoms with E-state index in [0.717, 1.165) is 13.1 Å². The topological polar surface area (TPSA) is 72.3 Å². The second-order valence-electron chi connectivity index (χ2n) is 5.87.